The minimum absolute atomic E-state index is 0.606. The highest BCUT2D eigenvalue weighted by atomic mass is 16.3. The lowest BCUT2D eigenvalue weighted by Crippen LogP contribution is -2.34. The number of hydrogen-bond donors (Lipinski definition) is 1. The van der Waals surface area contributed by atoms with Crippen LogP contribution in [0.3, 0.4) is 0 Å². The van der Waals surface area contributed by atoms with Crippen LogP contribution in [-0.4, -0.2) is 10.1 Å². The lowest BCUT2D eigenvalue weighted by atomic mass is 9.77. The second-order valence-electron chi connectivity index (χ2n) is 3.79. The number of aromatic nitrogens is 1. The van der Waals surface area contributed by atoms with Crippen LogP contribution in [0.5, 0.6) is 0 Å². The average molecular weight is 177 g/mol. The standard InChI is InChI=1S/C11H15NO/c1-2-9-4-7-12-10(8-9)11(13)5-3-6-11/h4,7-8,13H,2-3,5-6H2,1H3. The van der Waals surface area contributed by atoms with Gasteiger partial charge in [-0.3, -0.25) is 4.98 Å². The van der Waals surface area contributed by atoms with E-state index in [2.05, 4.69) is 11.9 Å². The highest BCUT2D eigenvalue weighted by molar-refractivity contribution is 5.22. The first-order valence-electron chi connectivity index (χ1n) is 4.92. The van der Waals surface area contributed by atoms with Gasteiger partial charge in [0.05, 0.1) is 5.69 Å². The average Bonchev–Trinajstić information content (AvgIpc) is 2.14. The molecule has 0 radical (unpaired) electrons. The van der Waals surface area contributed by atoms with Gasteiger partial charge in [-0.1, -0.05) is 6.92 Å². The van der Waals surface area contributed by atoms with Gasteiger partial charge < -0.3 is 5.11 Å². The zero-order valence-electron chi connectivity index (χ0n) is 7.95. The van der Waals surface area contributed by atoms with E-state index in [1.54, 1.807) is 6.20 Å². The molecule has 0 spiro atoms. The molecule has 1 aliphatic rings. The van der Waals surface area contributed by atoms with E-state index in [-0.39, 0.29) is 0 Å². The molecule has 0 saturated heterocycles. The van der Waals surface area contributed by atoms with E-state index >= 15 is 0 Å². The maximum absolute atomic E-state index is 10.0. The highest BCUT2D eigenvalue weighted by Gasteiger charge is 2.37. The predicted octanol–water partition coefficient (Wildman–Crippen LogP) is 2.02. The molecule has 1 aromatic heterocycles. The summed E-state index contributed by atoms with van der Waals surface area (Å²) >= 11 is 0. The largest absolute Gasteiger partial charge is 0.384 e. The van der Waals surface area contributed by atoms with Crippen molar-refractivity contribution in [3.8, 4) is 0 Å². The molecule has 2 heteroatoms. The quantitative estimate of drug-likeness (QED) is 0.749. The van der Waals surface area contributed by atoms with Gasteiger partial charge in [0, 0.05) is 6.20 Å². The lowest BCUT2D eigenvalue weighted by molar-refractivity contribution is -0.0426. The van der Waals surface area contributed by atoms with E-state index < -0.39 is 5.60 Å². The van der Waals surface area contributed by atoms with Crippen LogP contribution >= 0.6 is 0 Å². The van der Waals surface area contributed by atoms with E-state index in [1.165, 1.54) is 5.56 Å². The van der Waals surface area contributed by atoms with Crippen LogP contribution in [-0.2, 0) is 12.0 Å². The summed E-state index contributed by atoms with van der Waals surface area (Å²) in [5.74, 6) is 0. The molecule has 70 valence electrons. The van der Waals surface area contributed by atoms with Crippen molar-refractivity contribution in [1.29, 1.82) is 0 Å². The van der Waals surface area contributed by atoms with Crippen molar-refractivity contribution >= 4 is 0 Å². The maximum Gasteiger partial charge on any atom is 0.106 e. The fraction of sp³-hybridized carbons (Fsp3) is 0.545. The Kier molecular flexibility index (Phi) is 2.08. The van der Waals surface area contributed by atoms with Gasteiger partial charge in [0.1, 0.15) is 5.60 Å². The summed E-state index contributed by atoms with van der Waals surface area (Å²) in [6.07, 6.45) is 5.66. The van der Waals surface area contributed by atoms with Gasteiger partial charge in [-0.2, -0.15) is 0 Å². The number of aryl methyl sites for hydroxylation is 1. The Balaban J connectivity index is 2.29. The molecule has 0 unspecified atom stereocenters. The predicted molar refractivity (Wildman–Crippen MR) is 51.4 cm³/mol. The Morgan fingerprint density at radius 3 is 2.85 bits per heavy atom. The van der Waals surface area contributed by atoms with Crippen molar-refractivity contribution in [3.63, 3.8) is 0 Å². The number of nitrogens with zero attached hydrogens (tertiary/aromatic N) is 1. The van der Waals surface area contributed by atoms with E-state index in [0.29, 0.717) is 0 Å². The van der Waals surface area contributed by atoms with Crippen LogP contribution in [0.25, 0.3) is 0 Å². The Morgan fingerprint density at radius 2 is 2.31 bits per heavy atom. The third-order valence-corrected chi connectivity index (χ3v) is 2.89. The van der Waals surface area contributed by atoms with Crippen LogP contribution in [0.2, 0.25) is 0 Å². The second kappa shape index (κ2) is 3.11. The van der Waals surface area contributed by atoms with Crippen LogP contribution < -0.4 is 0 Å². The molecule has 0 bridgehead atoms. The summed E-state index contributed by atoms with van der Waals surface area (Å²) in [6, 6.07) is 4.03. The molecule has 1 N–H and O–H groups in total. The molecular formula is C11H15NO. The molecule has 1 heterocycles. The van der Waals surface area contributed by atoms with Gasteiger partial charge in [-0.25, -0.2) is 0 Å². The third kappa shape index (κ3) is 1.46. The summed E-state index contributed by atoms with van der Waals surface area (Å²) in [5.41, 5.74) is 1.51. The fourth-order valence-electron chi connectivity index (χ4n) is 1.72. The van der Waals surface area contributed by atoms with Crippen molar-refractivity contribution in [2.75, 3.05) is 0 Å². The van der Waals surface area contributed by atoms with Gasteiger partial charge in [0.25, 0.3) is 0 Å². The van der Waals surface area contributed by atoms with Crippen LogP contribution in [0.1, 0.15) is 37.4 Å². The Hall–Kier alpha value is -0.890. The van der Waals surface area contributed by atoms with Gasteiger partial charge in [-0.05, 0) is 43.4 Å². The molecule has 1 fully saturated rings. The van der Waals surface area contributed by atoms with Crippen LogP contribution in [0, 0.1) is 0 Å². The first-order valence-corrected chi connectivity index (χ1v) is 4.92. The zero-order valence-corrected chi connectivity index (χ0v) is 7.95. The van der Waals surface area contributed by atoms with Crippen molar-refractivity contribution < 1.29 is 5.11 Å². The minimum Gasteiger partial charge on any atom is -0.384 e. The fourth-order valence-corrected chi connectivity index (χ4v) is 1.72. The van der Waals surface area contributed by atoms with Crippen molar-refractivity contribution in [2.24, 2.45) is 0 Å². The second-order valence-corrected chi connectivity index (χ2v) is 3.79. The summed E-state index contributed by atoms with van der Waals surface area (Å²) in [7, 11) is 0. The third-order valence-electron chi connectivity index (χ3n) is 2.89. The van der Waals surface area contributed by atoms with Gasteiger partial charge in [-0.15, -0.1) is 0 Å². The number of rotatable bonds is 2. The molecule has 0 aliphatic heterocycles. The van der Waals surface area contributed by atoms with Crippen molar-refractivity contribution in [3.05, 3.63) is 29.6 Å². The molecule has 1 saturated carbocycles. The molecule has 1 aliphatic carbocycles. The normalized spacial score (nSPS) is 19.5. The van der Waals surface area contributed by atoms with Crippen LogP contribution in [0.4, 0.5) is 0 Å². The Labute approximate surface area is 78.6 Å². The smallest absolute Gasteiger partial charge is 0.106 e. The number of aliphatic hydroxyl groups is 1. The SMILES string of the molecule is CCc1ccnc(C2(O)CCC2)c1. The summed E-state index contributed by atoms with van der Waals surface area (Å²) in [4.78, 5) is 4.23. The Morgan fingerprint density at radius 1 is 1.54 bits per heavy atom. The first kappa shape index (κ1) is 8.70. The first-order chi connectivity index (χ1) is 6.24. The van der Waals surface area contributed by atoms with Gasteiger partial charge in [0.15, 0.2) is 0 Å². The van der Waals surface area contributed by atoms with Crippen molar-refractivity contribution in [2.45, 2.75) is 38.2 Å². The minimum atomic E-state index is -0.606. The summed E-state index contributed by atoms with van der Waals surface area (Å²) in [5, 5.41) is 10.0. The molecule has 0 atom stereocenters. The van der Waals surface area contributed by atoms with E-state index in [9.17, 15) is 5.11 Å². The maximum atomic E-state index is 10.0. The molecular weight excluding hydrogens is 162 g/mol. The highest BCUT2D eigenvalue weighted by Crippen LogP contribution is 2.40. The Bertz CT molecular complexity index is 305. The number of hydrogen-bond acceptors (Lipinski definition) is 2. The topological polar surface area (TPSA) is 33.1 Å². The van der Waals surface area contributed by atoms with Crippen molar-refractivity contribution in [1.82, 2.24) is 4.98 Å². The van der Waals surface area contributed by atoms with E-state index in [0.717, 1.165) is 31.4 Å². The van der Waals surface area contributed by atoms with E-state index in [4.69, 9.17) is 0 Å². The van der Waals surface area contributed by atoms with Gasteiger partial charge in [0.2, 0.25) is 0 Å². The monoisotopic (exact) mass is 177 g/mol. The van der Waals surface area contributed by atoms with Gasteiger partial charge >= 0.3 is 0 Å². The van der Waals surface area contributed by atoms with Crippen LogP contribution in [0.15, 0.2) is 18.3 Å². The number of pyridine rings is 1. The summed E-state index contributed by atoms with van der Waals surface area (Å²) in [6.45, 7) is 2.12. The van der Waals surface area contributed by atoms with E-state index in [1.807, 2.05) is 12.1 Å². The molecule has 2 rings (SSSR count). The molecule has 1 aromatic rings. The molecule has 13 heavy (non-hydrogen) atoms. The zero-order chi connectivity index (χ0) is 9.31. The molecule has 2 nitrogen and oxygen atoms in total. The lowest BCUT2D eigenvalue weighted by Gasteiger charge is -2.36. The molecule has 0 amide bonds. The molecule has 0 aromatic carbocycles. The summed E-state index contributed by atoms with van der Waals surface area (Å²) < 4.78 is 0.